The first-order valence-electron chi connectivity index (χ1n) is 20.5. The Bertz CT molecular complexity index is 2120. The smallest absolute Gasteiger partial charge is 0.408 e. The molecule has 0 aromatic heterocycles. The van der Waals surface area contributed by atoms with Crippen LogP contribution in [0, 0.1) is 13.8 Å². The zero-order valence-electron chi connectivity index (χ0n) is 38.5. The number of hydrogen-bond donors (Lipinski definition) is 0. The molecule has 4 heteroatoms. The van der Waals surface area contributed by atoms with E-state index in [0.717, 1.165) is 33.9 Å². The summed E-state index contributed by atoms with van der Waals surface area (Å²) in [6, 6.07) is 25.0. The molecule has 0 bridgehead atoms. The molecular formula is C52H71O3P. The quantitative estimate of drug-likeness (QED) is 0.161. The number of hydrogen-bond acceptors (Lipinski definition) is 3. The lowest BCUT2D eigenvalue weighted by atomic mass is 9.76. The van der Waals surface area contributed by atoms with Crippen LogP contribution >= 0.6 is 8.60 Å². The summed E-state index contributed by atoms with van der Waals surface area (Å²) in [4.78, 5) is 0. The van der Waals surface area contributed by atoms with Crippen LogP contribution in [0.2, 0.25) is 0 Å². The van der Waals surface area contributed by atoms with Crippen molar-refractivity contribution >= 4 is 30.1 Å². The zero-order chi connectivity index (χ0) is 42.1. The van der Waals surface area contributed by atoms with Gasteiger partial charge in [-0.25, -0.2) is 0 Å². The van der Waals surface area contributed by atoms with Gasteiger partial charge in [-0.2, -0.15) is 0 Å². The second-order valence-corrected chi connectivity index (χ2v) is 23.4. The Kier molecular flexibility index (Phi) is 11.4. The van der Waals surface area contributed by atoms with Gasteiger partial charge < -0.3 is 13.6 Å². The van der Waals surface area contributed by atoms with Crippen molar-refractivity contribution < 1.29 is 13.6 Å². The van der Waals surface area contributed by atoms with E-state index in [1.54, 1.807) is 0 Å². The van der Waals surface area contributed by atoms with Gasteiger partial charge in [0.2, 0.25) is 0 Å². The van der Waals surface area contributed by atoms with Crippen molar-refractivity contribution in [2.24, 2.45) is 0 Å². The lowest BCUT2D eigenvalue weighted by Crippen LogP contribution is -2.19. The molecule has 0 fully saturated rings. The summed E-state index contributed by atoms with van der Waals surface area (Å²) in [5.41, 5.74) is 9.34. The molecule has 5 aromatic rings. The molecule has 5 rings (SSSR count). The molecule has 3 nitrogen and oxygen atoms in total. The predicted octanol–water partition coefficient (Wildman–Crippen LogP) is 16.2. The standard InChI is InChI=1S/C52H71O3P/c1-32-21-22-38(23-33(32)2)53-56(54-45-30-39-34(26-43(45)51(15,16)17)24-36(47(3,4)5)28-41(39)49(9,10)11)55-46-31-40-35(27-44(46)52(18,19)20)25-37(48(6,7)8)29-42(40)50(12,13)14/h21-31H,1-20H3. The lowest BCUT2D eigenvalue weighted by molar-refractivity contribution is 0.377. The molecule has 0 unspecified atom stereocenters. The van der Waals surface area contributed by atoms with E-state index in [9.17, 15) is 0 Å². The summed E-state index contributed by atoms with van der Waals surface area (Å²) in [6.45, 7) is 45.4. The first kappa shape index (κ1) is 43.6. The van der Waals surface area contributed by atoms with Crippen molar-refractivity contribution in [1.82, 2.24) is 0 Å². The monoisotopic (exact) mass is 775 g/mol. The topological polar surface area (TPSA) is 27.7 Å². The van der Waals surface area contributed by atoms with E-state index >= 15 is 0 Å². The number of rotatable bonds is 6. The fourth-order valence-electron chi connectivity index (χ4n) is 7.29. The van der Waals surface area contributed by atoms with Gasteiger partial charge in [-0.15, -0.1) is 0 Å². The van der Waals surface area contributed by atoms with Gasteiger partial charge in [-0.05, 0) is 138 Å². The molecule has 0 spiro atoms. The van der Waals surface area contributed by atoms with Crippen molar-refractivity contribution in [3.63, 3.8) is 0 Å². The minimum absolute atomic E-state index is 0.0131. The normalized spacial score (nSPS) is 13.5. The predicted molar refractivity (Wildman–Crippen MR) is 245 cm³/mol. The van der Waals surface area contributed by atoms with Crippen LogP contribution in [0.4, 0.5) is 0 Å². The van der Waals surface area contributed by atoms with E-state index in [1.165, 1.54) is 49.4 Å². The largest absolute Gasteiger partial charge is 0.530 e. The van der Waals surface area contributed by atoms with Gasteiger partial charge in [0.25, 0.3) is 0 Å². The van der Waals surface area contributed by atoms with E-state index in [-0.39, 0.29) is 32.5 Å². The van der Waals surface area contributed by atoms with Crippen molar-refractivity contribution in [3.05, 3.63) is 111 Å². The van der Waals surface area contributed by atoms with E-state index in [2.05, 4.69) is 199 Å². The van der Waals surface area contributed by atoms with Crippen LogP contribution in [-0.2, 0) is 32.5 Å². The molecule has 302 valence electrons. The fourth-order valence-corrected chi connectivity index (χ4v) is 8.31. The molecule has 5 aromatic carbocycles. The second kappa shape index (κ2) is 14.7. The van der Waals surface area contributed by atoms with Crippen LogP contribution < -0.4 is 13.6 Å². The maximum atomic E-state index is 7.18. The number of fused-ring (bicyclic) bond motifs is 2. The van der Waals surface area contributed by atoms with Crippen LogP contribution in [0.25, 0.3) is 21.5 Å². The van der Waals surface area contributed by atoms with E-state index in [0.29, 0.717) is 0 Å². The molecule has 0 atom stereocenters. The van der Waals surface area contributed by atoms with Crippen molar-refractivity contribution in [3.8, 4) is 17.2 Å². The molecule has 0 aliphatic heterocycles. The molecule has 56 heavy (non-hydrogen) atoms. The molecule has 0 N–H and O–H groups in total. The van der Waals surface area contributed by atoms with E-state index in [4.69, 9.17) is 13.6 Å². The summed E-state index contributed by atoms with van der Waals surface area (Å²) in [5.74, 6) is 2.31. The highest BCUT2D eigenvalue weighted by Crippen LogP contribution is 2.51. The van der Waals surface area contributed by atoms with Crippen LogP contribution in [-0.4, -0.2) is 0 Å². The first-order chi connectivity index (χ1) is 25.3. The van der Waals surface area contributed by atoms with Crippen molar-refractivity contribution in [2.75, 3.05) is 0 Å². The van der Waals surface area contributed by atoms with Gasteiger partial charge in [0.05, 0.1) is 0 Å². The van der Waals surface area contributed by atoms with Crippen LogP contribution in [0.15, 0.2) is 66.7 Å². The third-order valence-electron chi connectivity index (χ3n) is 11.1. The van der Waals surface area contributed by atoms with E-state index < -0.39 is 8.60 Å². The number of aryl methyl sites for hydroxylation is 2. The summed E-state index contributed by atoms with van der Waals surface area (Å²) in [7, 11) is -1.97. The molecule has 0 saturated heterocycles. The minimum atomic E-state index is -1.97. The molecule has 0 heterocycles. The van der Waals surface area contributed by atoms with Crippen LogP contribution in [0.3, 0.4) is 0 Å². The number of benzene rings is 5. The SMILES string of the molecule is Cc1ccc(OP(Oc2cc3c(C(C)(C)C)cc(C(C)(C)C)cc3cc2C(C)(C)C)Oc2cc3c(C(C)(C)C)cc(C(C)(C)C)cc3cc2C(C)(C)C)cc1C. The Morgan fingerprint density at radius 3 is 1.05 bits per heavy atom. The summed E-state index contributed by atoms with van der Waals surface area (Å²) >= 11 is 0. The van der Waals surface area contributed by atoms with Gasteiger partial charge in [0, 0.05) is 11.1 Å². The highest BCUT2D eigenvalue weighted by Gasteiger charge is 2.32. The van der Waals surface area contributed by atoms with Gasteiger partial charge in [-0.3, -0.25) is 0 Å². The van der Waals surface area contributed by atoms with Gasteiger partial charge in [0.15, 0.2) is 0 Å². The molecule has 0 aliphatic carbocycles. The second-order valence-electron chi connectivity index (χ2n) is 22.4. The van der Waals surface area contributed by atoms with Gasteiger partial charge in [0.1, 0.15) is 17.2 Å². The Hall–Kier alpha value is -3.55. The summed E-state index contributed by atoms with van der Waals surface area (Å²) < 4.78 is 21.2. The van der Waals surface area contributed by atoms with Crippen molar-refractivity contribution in [2.45, 2.75) is 171 Å². The fraction of sp³-hybridized carbons (Fsp3) is 0.500. The molecule has 0 radical (unpaired) electrons. The van der Waals surface area contributed by atoms with Crippen LogP contribution in [0.1, 0.15) is 169 Å². The third kappa shape index (κ3) is 9.58. The highest BCUT2D eigenvalue weighted by molar-refractivity contribution is 7.43. The average Bonchev–Trinajstić information content (AvgIpc) is 3.02. The van der Waals surface area contributed by atoms with Gasteiger partial charge in [-0.1, -0.05) is 155 Å². The summed E-state index contributed by atoms with van der Waals surface area (Å²) in [5, 5.41) is 4.85. The third-order valence-corrected chi connectivity index (χ3v) is 12.1. The maximum Gasteiger partial charge on any atom is 0.530 e. The van der Waals surface area contributed by atoms with E-state index in [1.807, 2.05) is 6.07 Å². The molecule has 0 saturated carbocycles. The Morgan fingerprint density at radius 2 is 0.732 bits per heavy atom. The Morgan fingerprint density at radius 1 is 0.357 bits per heavy atom. The highest BCUT2D eigenvalue weighted by atomic mass is 31.2. The van der Waals surface area contributed by atoms with Gasteiger partial charge >= 0.3 is 8.60 Å². The molecular weight excluding hydrogens is 704 g/mol. The minimum Gasteiger partial charge on any atom is -0.408 e. The average molecular weight is 775 g/mol. The Balaban J connectivity index is 1.78. The van der Waals surface area contributed by atoms with Crippen molar-refractivity contribution in [1.29, 1.82) is 0 Å². The lowest BCUT2D eigenvalue weighted by Gasteiger charge is -2.31. The zero-order valence-corrected chi connectivity index (χ0v) is 39.4. The van der Waals surface area contributed by atoms with Crippen LogP contribution in [0.5, 0.6) is 17.2 Å². The first-order valence-corrected chi connectivity index (χ1v) is 21.6. The molecule has 0 aliphatic rings. The Labute approximate surface area is 341 Å². The maximum absolute atomic E-state index is 7.18. The summed E-state index contributed by atoms with van der Waals surface area (Å²) in [6.07, 6.45) is 0. The molecule has 0 amide bonds.